The molecule has 5 heteroatoms. The van der Waals surface area contributed by atoms with E-state index in [1.54, 1.807) is 12.1 Å². The van der Waals surface area contributed by atoms with Gasteiger partial charge in [-0.25, -0.2) is 4.79 Å². The summed E-state index contributed by atoms with van der Waals surface area (Å²) in [7, 11) is 0. The average molecular weight is 283 g/mol. The van der Waals surface area contributed by atoms with Crippen molar-refractivity contribution in [1.29, 1.82) is 0 Å². The van der Waals surface area contributed by atoms with Crippen molar-refractivity contribution in [3.63, 3.8) is 0 Å². The molecule has 2 unspecified atom stereocenters. The molecular formula is C14H19ClN2O2. The first kappa shape index (κ1) is 14.2. The van der Waals surface area contributed by atoms with Gasteiger partial charge in [-0.05, 0) is 50.3 Å². The topological polar surface area (TPSA) is 64.3 Å². The first-order valence-electron chi connectivity index (χ1n) is 6.54. The monoisotopic (exact) mass is 282 g/mol. The molecule has 19 heavy (non-hydrogen) atoms. The van der Waals surface area contributed by atoms with Crippen molar-refractivity contribution >= 4 is 23.4 Å². The third-order valence-electron chi connectivity index (χ3n) is 3.36. The summed E-state index contributed by atoms with van der Waals surface area (Å²) in [6.07, 6.45) is 3.12. The molecule has 0 radical (unpaired) electrons. The molecule has 4 nitrogen and oxygen atoms in total. The Bertz CT molecular complexity index is 465. The lowest BCUT2D eigenvalue weighted by atomic mass is 9.94. The minimum absolute atomic E-state index is 0.0790. The summed E-state index contributed by atoms with van der Waals surface area (Å²) in [5.74, 6) is 0. The average Bonchev–Trinajstić information content (AvgIpc) is 2.34. The van der Waals surface area contributed by atoms with Gasteiger partial charge in [-0.2, -0.15) is 0 Å². The Labute approximate surface area is 118 Å². The molecule has 0 bridgehead atoms. The predicted octanol–water partition coefficient (Wildman–Crippen LogP) is 3.47. The van der Waals surface area contributed by atoms with E-state index >= 15 is 0 Å². The number of amides is 1. The van der Waals surface area contributed by atoms with Crippen LogP contribution in [0.4, 0.5) is 10.5 Å². The first-order valence-corrected chi connectivity index (χ1v) is 6.92. The third-order valence-corrected chi connectivity index (χ3v) is 3.77. The summed E-state index contributed by atoms with van der Waals surface area (Å²) in [6.45, 7) is 1.91. The fourth-order valence-corrected chi connectivity index (χ4v) is 2.44. The van der Waals surface area contributed by atoms with Crippen LogP contribution in [0.3, 0.4) is 0 Å². The van der Waals surface area contributed by atoms with Crippen LogP contribution >= 0.6 is 11.6 Å². The summed E-state index contributed by atoms with van der Waals surface area (Å²) < 4.78 is 5.36. The van der Waals surface area contributed by atoms with Crippen molar-refractivity contribution in [3.05, 3.63) is 28.8 Å². The molecule has 2 atom stereocenters. The molecule has 0 saturated heterocycles. The SMILES string of the molecule is Cc1ccc(NC(=O)OC2CCCC(N)C2)cc1Cl. The van der Waals surface area contributed by atoms with Crippen LogP contribution in [0.2, 0.25) is 5.02 Å². The summed E-state index contributed by atoms with van der Waals surface area (Å²) >= 11 is 6.00. The summed E-state index contributed by atoms with van der Waals surface area (Å²) in [6, 6.07) is 5.51. The molecule has 1 aliphatic carbocycles. The number of anilines is 1. The standard InChI is InChI=1S/C14H19ClN2O2/c1-9-5-6-11(8-13(9)15)17-14(18)19-12-4-2-3-10(16)7-12/h5-6,8,10,12H,2-4,7,16H2,1H3,(H,17,18). The molecule has 104 valence electrons. The van der Waals surface area contributed by atoms with Gasteiger partial charge in [0.25, 0.3) is 0 Å². The number of rotatable bonds is 2. The zero-order valence-electron chi connectivity index (χ0n) is 11.0. The van der Waals surface area contributed by atoms with Crippen LogP contribution in [0.5, 0.6) is 0 Å². The van der Waals surface area contributed by atoms with Crippen molar-refractivity contribution in [2.24, 2.45) is 5.73 Å². The number of halogens is 1. The first-order chi connectivity index (χ1) is 9.04. The number of benzene rings is 1. The van der Waals surface area contributed by atoms with Crippen LogP contribution in [0.15, 0.2) is 18.2 Å². The Hall–Kier alpha value is -1.26. The molecule has 1 fully saturated rings. The Morgan fingerprint density at radius 2 is 2.26 bits per heavy atom. The lowest BCUT2D eigenvalue weighted by molar-refractivity contribution is 0.0811. The van der Waals surface area contributed by atoms with E-state index in [1.165, 1.54) is 0 Å². The van der Waals surface area contributed by atoms with Gasteiger partial charge in [-0.15, -0.1) is 0 Å². The minimum atomic E-state index is -0.445. The number of carbonyl (C=O) groups excluding carboxylic acids is 1. The van der Waals surface area contributed by atoms with E-state index in [-0.39, 0.29) is 12.1 Å². The second-order valence-corrected chi connectivity index (χ2v) is 5.45. The highest BCUT2D eigenvalue weighted by Gasteiger charge is 2.22. The Morgan fingerprint density at radius 3 is 2.95 bits per heavy atom. The van der Waals surface area contributed by atoms with Gasteiger partial charge in [-0.3, -0.25) is 5.32 Å². The van der Waals surface area contributed by atoms with Gasteiger partial charge in [0.2, 0.25) is 0 Å². The van der Waals surface area contributed by atoms with Gasteiger partial charge < -0.3 is 10.5 Å². The smallest absolute Gasteiger partial charge is 0.411 e. The zero-order valence-corrected chi connectivity index (χ0v) is 11.7. The molecule has 1 aliphatic rings. The molecule has 1 saturated carbocycles. The molecule has 3 N–H and O–H groups in total. The van der Waals surface area contributed by atoms with E-state index in [0.29, 0.717) is 10.7 Å². The molecule has 0 heterocycles. The molecule has 2 rings (SSSR count). The van der Waals surface area contributed by atoms with Crippen LogP contribution < -0.4 is 11.1 Å². The second-order valence-electron chi connectivity index (χ2n) is 5.04. The van der Waals surface area contributed by atoms with Crippen molar-refractivity contribution in [2.45, 2.75) is 44.8 Å². The van der Waals surface area contributed by atoms with Gasteiger partial charge in [0.05, 0.1) is 0 Å². The number of carbonyl (C=O) groups is 1. The molecule has 1 aromatic rings. The number of hydrogen-bond acceptors (Lipinski definition) is 3. The highest BCUT2D eigenvalue weighted by molar-refractivity contribution is 6.31. The van der Waals surface area contributed by atoms with Gasteiger partial charge in [-0.1, -0.05) is 17.7 Å². The summed E-state index contributed by atoms with van der Waals surface area (Å²) in [5.41, 5.74) is 7.47. The number of ether oxygens (including phenoxy) is 1. The maximum atomic E-state index is 11.8. The van der Waals surface area contributed by atoms with E-state index in [1.807, 2.05) is 13.0 Å². The number of aryl methyl sites for hydroxylation is 1. The molecular weight excluding hydrogens is 264 g/mol. The highest BCUT2D eigenvalue weighted by Crippen LogP contribution is 2.22. The van der Waals surface area contributed by atoms with Gasteiger partial charge in [0.1, 0.15) is 6.10 Å². The van der Waals surface area contributed by atoms with E-state index in [2.05, 4.69) is 5.32 Å². The van der Waals surface area contributed by atoms with Crippen LogP contribution in [-0.2, 0) is 4.74 Å². The predicted molar refractivity (Wildman–Crippen MR) is 76.5 cm³/mol. The van der Waals surface area contributed by atoms with Crippen LogP contribution in [0.25, 0.3) is 0 Å². The summed E-state index contributed by atoms with van der Waals surface area (Å²) in [4.78, 5) is 11.8. The van der Waals surface area contributed by atoms with E-state index in [0.717, 1.165) is 31.2 Å². The fourth-order valence-electron chi connectivity index (χ4n) is 2.26. The molecule has 0 aliphatic heterocycles. The normalized spacial score (nSPS) is 22.9. The maximum absolute atomic E-state index is 11.8. The van der Waals surface area contributed by atoms with Crippen molar-refractivity contribution in [3.8, 4) is 0 Å². The van der Waals surface area contributed by atoms with E-state index in [9.17, 15) is 4.79 Å². The molecule has 1 aromatic carbocycles. The number of hydrogen-bond donors (Lipinski definition) is 2. The van der Waals surface area contributed by atoms with Crippen molar-refractivity contribution < 1.29 is 9.53 Å². The van der Waals surface area contributed by atoms with Gasteiger partial charge >= 0.3 is 6.09 Å². The summed E-state index contributed by atoms with van der Waals surface area (Å²) in [5, 5.41) is 3.31. The lowest BCUT2D eigenvalue weighted by Gasteiger charge is -2.26. The van der Waals surface area contributed by atoms with Crippen molar-refractivity contribution in [1.82, 2.24) is 0 Å². The minimum Gasteiger partial charge on any atom is -0.446 e. The van der Waals surface area contributed by atoms with Gasteiger partial charge in [0.15, 0.2) is 0 Å². The van der Waals surface area contributed by atoms with Crippen molar-refractivity contribution in [2.75, 3.05) is 5.32 Å². The fraction of sp³-hybridized carbons (Fsp3) is 0.500. The lowest BCUT2D eigenvalue weighted by Crippen LogP contribution is -2.34. The van der Waals surface area contributed by atoms with E-state index < -0.39 is 6.09 Å². The Balaban J connectivity index is 1.88. The molecule has 1 amide bonds. The second kappa shape index (κ2) is 6.26. The Morgan fingerprint density at radius 1 is 1.47 bits per heavy atom. The van der Waals surface area contributed by atoms with Crippen LogP contribution in [0.1, 0.15) is 31.2 Å². The number of nitrogens with two attached hydrogens (primary N) is 1. The maximum Gasteiger partial charge on any atom is 0.411 e. The molecule has 0 spiro atoms. The Kier molecular flexibility index (Phi) is 4.66. The quantitative estimate of drug-likeness (QED) is 0.873. The molecule has 0 aromatic heterocycles. The van der Waals surface area contributed by atoms with Crippen LogP contribution in [0, 0.1) is 6.92 Å². The van der Waals surface area contributed by atoms with Crippen LogP contribution in [-0.4, -0.2) is 18.2 Å². The number of nitrogens with one attached hydrogen (secondary N) is 1. The third kappa shape index (κ3) is 4.11. The largest absolute Gasteiger partial charge is 0.446 e. The zero-order chi connectivity index (χ0) is 13.8. The van der Waals surface area contributed by atoms with Gasteiger partial charge in [0, 0.05) is 16.8 Å². The highest BCUT2D eigenvalue weighted by atomic mass is 35.5. The van der Waals surface area contributed by atoms with E-state index in [4.69, 9.17) is 22.1 Å².